The lowest BCUT2D eigenvalue weighted by molar-refractivity contribution is -0.147. The number of hydrogen-bond acceptors (Lipinski definition) is 5. The zero-order chi connectivity index (χ0) is 26.6. The molecule has 2 aliphatic carbocycles. The minimum absolute atomic E-state index is 0.151. The molecule has 0 spiro atoms. The van der Waals surface area contributed by atoms with Crippen LogP contribution < -0.4 is 16.0 Å². The molecule has 3 rings (SSSR count). The molecule has 3 amide bonds. The van der Waals surface area contributed by atoms with E-state index in [1.54, 1.807) is 32.9 Å². The number of urea groups is 1. The first-order valence-electron chi connectivity index (χ1n) is 11.9. The third-order valence-electron chi connectivity index (χ3n) is 6.17. The first kappa shape index (κ1) is 27.9. The van der Waals surface area contributed by atoms with Crippen molar-refractivity contribution >= 4 is 29.8 Å². The highest BCUT2D eigenvalue weighted by Crippen LogP contribution is 2.62. The van der Waals surface area contributed by atoms with Crippen LogP contribution in [0.5, 0.6) is 0 Å². The van der Waals surface area contributed by atoms with Crippen molar-refractivity contribution < 1.29 is 34.1 Å². The molecule has 0 saturated heterocycles. The molecule has 0 radical (unpaired) electrons. The number of carboxylic acid groups (broad SMARTS) is 2. The van der Waals surface area contributed by atoms with Crippen LogP contribution in [-0.2, 0) is 14.3 Å². The largest absolute Gasteiger partial charge is 0.481 e. The molecule has 0 heterocycles. The summed E-state index contributed by atoms with van der Waals surface area (Å²) >= 11 is 0. The number of fused-ring (bicyclic) bond motifs is 1. The molecule has 1 aromatic carbocycles. The Morgan fingerprint density at radius 2 is 1.63 bits per heavy atom. The van der Waals surface area contributed by atoms with Gasteiger partial charge in [0.2, 0.25) is 0 Å². The Morgan fingerprint density at radius 3 is 2.09 bits per heavy atom. The number of rotatable bonds is 6. The van der Waals surface area contributed by atoms with Crippen LogP contribution in [-0.4, -0.2) is 51.5 Å². The Bertz CT molecular complexity index is 939. The van der Waals surface area contributed by atoms with Gasteiger partial charge in [0.05, 0.1) is 5.92 Å². The second-order valence-electron chi connectivity index (χ2n) is 10.1. The third-order valence-corrected chi connectivity index (χ3v) is 6.17. The Morgan fingerprint density at radius 1 is 1.06 bits per heavy atom. The minimum Gasteiger partial charge on any atom is -0.481 e. The number of aliphatic carboxylic acids is 2. The fourth-order valence-corrected chi connectivity index (χ4v) is 4.43. The van der Waals surface area contributed by atoms with Crippen molar-refractivity contribution in [2.45, 2.75) is 78.0 Å². The van der Waals surface area contributed by atoms with E-state index in [0.717, 1.165) is 5.56 Å². The SMILES string of the molecule is CCCC.Cc1ccc(NC(=O)NC2CC(NC(=O)OC(C)(C)C)(C(=O)O)C3C(C(=O)O)C23)cc1. The van der Waals surface area contributed by atoms with Crippen LogP contribution in [0.15, 0.2) is 24.3 Å². The third kappa shape index (κ3) is 6.86. The van der Waals surface area contributed by atoms with Gasteiger partial charge in [-0.25, -0.2) is 14.4 Å². The number of aryl methyl sites for hydroxylation is 1. The normalized spacial score (nSPS) is 26.3. The van der Waals surface area contributed by atoms with E-state index in [1.165, 1.54) is 12.8 Å². The summed E-state index contributed by atoms with van der Waals surface area (Å²) in [6.07, 6.45) is 1.54. The average molecular weight is 492 g/mol. The van der Waals surface area contributed by atoms with E-state index in [-0.39, 0.29) is 6.42 Å². The van der Waals surface area contributed by atoms with Gasteiger partial charge in [-0.3, -0.25) is 4.79 Å². The molecule has 2 fully saturated rings. The predicted octanol–water partition coefficient (Wildman–Crippen LogP) is 3.99. The number of ether oxygens (including phenoxy) is 1. The highest BCUT2D eigenvalue weighted by Gasteiger charge is 2.76. The van der Waals surface area contributed by atoms with Crippen LogP contribution in [0.25, 0.3) is 0 Å². The molecular weight excluding hydrogens is 454 g/mol. The molecule has 2 aliphatic rings. The van der Waals surface area contributed by atoms with Crippen molar-refractivity contribution in [2.24, 2.45) is 17.8 Å². The molecule has 5 atom stereocenters. The van der Waals surface area contributed by atoms with Gasteiger partial charge < -0.3 is 30.9 Å². The maximum Gasteiger partial charge on any atom is 0.408 e. The summed E-state index contributed by atoms with van der Waals surface area (Å²) in [7, 11) is 0. The number of amides is 3. The maximum atomic E-state index is 12.5. The quantitative estimate of drug-likeness (QED) is 0.403. The van der Waals surface area contributed by atoms with Crippen molar-refractivity contribution in [1.82, 2.24) is 10.6 Å². The van der Waals surface area contributed by atoms with Crippen molar-refractivity contribution in [3.63, 3.8) is 0 Å². The summed E-state index contributed by atoms with van der Waals surface area (Å²) in [5.74, 6) is -5.01. The van der Waals surface area contributed by atoms with Gasteiger partial charge in [0, 0.05) is 24.1 Å². The summed E-state index contributed by atoms with van der Waals surface area (Å²) in [6, 6.07) is 5.75. The molecule has 0 aromatic heterocycles. The zero-order valence-corrected chi connectivity index (χ0v) is 21.2. The Balaban J connectivity index is 0.00000100. The van der Waals surface area contributed by atoms with E-state index in [1.807, 2.05) is 19.1 Å². The number of anilines is 1. The molecule has 0 aliphatic heterocycles. The lowest BCUT2D eigenvalue weighted by atomic mass is 9.89. The molecule has 10 heteroatoms. The van der Waals surface area contributed by atoms with Gasteiger partial charge in [0.1, 0.15) is 11.1 Å². The fourth-order valence-electron chi connectivity index (χ4n) is 4.43. The molecule has 0 bridgehead atoms. The summed E-state index contributed by atoms with van der Waals surface area (Å²) in [5.41, 5.74) is -1.15. The molecule has 35 heavy (non-hydrogen) atoms. The Hall–Kier alpha value is -3.30. The van der Waals surface area contributed by atoms with E-state index >= 15 is 0 Å². The van der Waals surface area contributed by atoms with Crippen LogP contribution in [0.1, 0.15) is 59.4 Å². The number of carbonyl (C=O) groups is 4. The van der Waals surface area contributed by atoms with Crippen LogP contribution in [0.4, 0.5) is 15.3 Å². The molecule has 10 nitrogen and oxygen atoms in total. The number of alkyl carbamates (subject to hydrolysis) is 1. The number of unbranched alkanes of at least 4 members (excludes halogenated alkanes) is 1. The molecule has 5 unspecified atom stereocenters. The van der Waals surface area contributed by atoms with Gasteiger partial charge in [-0.15, -0.1) is 0 Å². The fraction of sp³-hybridized carbons (Fsp3) is 0.600. The maximum absolute atomic E-state index is 12.5. The summed E-state index contributed by atoms with van der Waals surface area (Å²) in [5, 5.41) is 27.2. The average Bonchev–Trinajstić information content (AvgIpc) is 3.42. The minimum atomic E-state index is -1.85. The number of carboxylic acids is 2. The molecule has 5 N–H and O–H groups in total. The number of hydrogen-bond donors (Lipinski definition) is 5. The van der Waals surface area contributed by atoms with E-state index < -0.39 is 59.0 Å². The monoisotopic (exact) mass is 491 g/mol. The summed E-state index contributed by atoms with van der Waals surface area (Å²) < 4.78 is 5.18. The number of carbonyl (C=O) groups excluding carboxylic acids is 2. The topological polar surface area (TPSA) is 154 Å². The second-order valence-corrected chi connectivity index (χ2v) is 10.1. The smallest absolute Gasteiger partial charge is 0.408 e. The zero-order valence-electron chi connectivity index (χ0n) is 21.2. The van der Waals surface area contributed by atoms with Gasteiger partial charge in [0.15, 0.2) is 0 Å². The predicted molar refractivity (Wildman–Crippen MR) is 130 cm³/mol. The number of benzene rings is 1. The van der Waals surface area contributed by atoms with Crippen LogP contribution >= 0.6 is 0 Å². The first-order valence-corrected chi connectivity index (χ1v) is 11.9. The van der Waals surface area contributed by atoms with Crippen molar-refractivity contribution in [2.75, 3.05) is 5.32 Å². The molecule has 1 aromatic rings. The van der Waals surface area contributed by atoms with Gasteiger partial charge in [-0.1, -0.05) is 44.4 Å². The van der Waals surface area contributed by atoms with Crippen molar-refractivity contribution in [1.29, 1.82) is 0 Å². The van der Waals surface area contributed by atoms with E-state index in [2.05, 4.69) is 29.8 Å². The first-order chi connectivity index (χ1) is 16.3. The van der Waals surface area contributed by atoms with Gasteiger partial charge in [-0.05, 0) is 45.7 Å². The van der Waals surface area contributed by atoms with E-state index in [9.17, 15) is 29.4 Å². The van der Waals surface area contributed by atoms with Gasteiger partial charge in [-0.2, -0.15) is 0 Å². The van der Waals surface area contributed by atoms with E-state index in [4.69, 9.17) is 4.74 Å². The Labute approximate surface area is 205 Å². The van der Waals surface area contributed by atoms with Crippen LogP contribution in [0.2, 0.25) is 0 Å². The lowest BCUT2D eigenvalue weighted by Crippen LogP contribution is -2.58. The molecular formula is C25H37N3O7. The molecule has 194 valence electrons. The summed E-state index contributed by atoms with van der Waals surface area (Å²) in [6.45, 7) is 11.2. The van der Waals surface area contributed by atoms with Crippen molar-refractivity contribution in [3.05, 3.63) is 29.8 Å². The second kappa shape index (κ2) is 11.0. The van der Waals surface area contributed by atoms with Gasteiger partial charge in [0.25, 0.3) is 0 Å². The highest BCUT2D eigenvalue weighted by atomic mass is 16.6. The standard InChI is InChI=1S/C21H27N3O7.C4H10/c1-10-5-7-11(8-6-10)22-18(29)23-12-9-21(17(27)28,15-13(12)14(15)16(25)26)24-19(30)31-20(2,3)4;1-3-4-2/h5-8,12-15H,9H2,1-4H3,(H,24,30)(H,25,26)(H,27,28)(H2,22,23,29);3-4H2,1-2H3. The van der Waals surface area contributed by atoms with Gasteiger partial charge >= 0.3 is 24.1 Å². The Kier molecular flexibility index (Phi) is 8.75. The van der Waals surface area contributed by atoms with Crippen molar-refractivity contribution in [3.8, 4) is 0 Å². The summed E-state index contributed by atoms with van der Waals surface area (Å²) in [4.78, 5) is 48.7. The van der Waals surface area contributed by atoms with Crippen LogP contribution in [0.3, 0.4) is 0 Å². The van der Waals surface area contributed by atoms with Crippen LogP contribution in [0, 0.1) is 24.7 Å². The number of nitrogens with one attached hydrogen (secondary N) is 3. The van der Waals surface area contributed by atoms with E-state index in [0.29, 0.717) is 5.69 Å². The molecule has 2 saturated carbocycles. The lowest BCUT2D eigenvalue weighted by Gasteiger charge is -2.31. The highest BCUT2D eigenvalue weighted by molar-refractivity contribution is 5.92.